The molecule has 0 spiro atoms. The smallest absolute Gasteiger partial charge is 0.329 e. The van der Waals surface area contributed by atoms with Gasteiger partial charge in [0.05, 0.1) is 12.7 Å². The van der Waals surface area contributed by atoms with Crippen molar-refractivity contribution in [2.45, 2.75) is 19.9 Å². The molecule has 31 heavy (non-hydrogen) atoms. The second kappa shape index (κ2) is 10.7. The van der Waals surface area contributed by atoms with Gasteiger partial charge in [-0.3, -0.25) is 14.4 Å². The van der Waals surface area contributed by atoms with E-state index in [0.717, 1.165) is 20.1 Å². The Balaban J connectivity index is 2.36. The van der Waals surface area contributed by atoms with Crippen LogP contribution in [0.4, 0.5) is 8.78 Å². The van der Waals surface area contributed by atoms with Gasteiger partial charge in [-0.05, 0) is 29.8 Å². The van der Waals surface area contributed by atoms with E-state index < -0.39 is 40.6 Å². The first-order valence-corrected chi connectivity index (χ1v) is 9.91. The number of esters is 2. The molecule has 0 heterocycles. The van der Waals surface area contributed by atoms with Crippen molar-refractivity contribution in [2.24, 2.45) is 0 Å². The predicted molar refractivity (Wildman–Crippen MR) is 110 cm³/mol. The highest BCUT2D eigenvalue weighted by molar-refractivity contribution is 8.14. The first kappa shape index (κ1) is 24.0. The Bertz CT molecular complexity index is 1030. The lowest BCUT2D eigenvalue weighted by Gasteiger charge is -2.15. The van der Waals surface area contributed by atoms with Gasteiger partial charge in [-0.2, -0.15) is 0 Å². The van der Waals surface area contributed by atoms with Crippen LogP contribution in [-0.4, -0.2) is 41.9 Å². The summed E-state index contributed by atoms with van der Waals surface area (Å²) in [4.78, 5) is 47.3. The lowest BCUT2D eigenvalue weighted by molar-refractivity contribution is -0.144. The molecule has 2 rings (SSSR count). The van der Waals surface area contributed by atoms with Crippen molar-refractivity contribution < 1.29 is 37.4 Å². The highest BCUT2D eigenvalue weighted by Gasteiger charge is 2.24. The van der Waals surface area contributed by atoms with Crippen molar-refractivity contribution >= 4 is 34.7 Å². The molecule has 1 N–H and O–H groups in total. The summed E-state index contributed by atoms with van der Waals surface area (Å²) >= 11 is 0.676. The van der Waals surface area contributed by atoms with E-state index in [9.17, 15) is 28.0 Å². The predicted octanol–water partition coefficient (Wildman–Crippen LogP) is 3.11. The van der Waals surface area contributed by atoms with E-state index in [4.69, 9.17) is 4.74 Å². The quantitative estimate of drug-likeness (QED) is 0.510. The van der Waals surface area contributed by atoms with Gasteiger partial charge >= 0.3 is 11.9 Å². The second-order valence-electron chi connectivity index (χ2n) is 6.30. The molecule has 2 aromatic rings. The van der Waals surface area contributed by atoms with Crippen LogP contribution in [0.5, 0.6) is 5.75 Å². The van der Waals surface area contributed by atoms with Crippen LogP contribution in [0.3, 0.4) is 0 Å². The zero-order valence-corrected chi connectivity index (χ0v) is 17.7. The zero-order valence-electron chi connectivity index (χ0n) is 16.9. The molecule has 0 saturated heterocycles. The average Bonchev–Trinajstić information content (AvgIpc) is 2.70. The van der Waals surface area contributed by atoms with Crippen LogP contribution in [0.2, 0.25) is 0 Å². The fourth-order valence-electron chi connectivity index (χ4n) is 2.62. The van der Waals surface area contributed by atoms with E-state index in [1.807, 2.05) is 0 Å². The highest BCUT2D eigenvalue weighted by Crippen LogP contribution is 2.31. The van der Waals surface area contributed by atoms with Crippen molar-refractivity contribution in [1.82, 2.24) is 5.32 Å². The standard InChI is InChI=1S/C21H19F2NO6S/c1-11(25)24-18(20(27)29-3)10-31-21(28)16-8-13(4-7-19(16)30-12(2)26)15-6-5-14(22)9-17(15)23/h4-9,18H,10H2,1-3H3,(H,24,25). The Hall–Kier alpha value is -3.27. The molecule has 7 nitrogen and oxygen atoms in total. The van der Waals surface area contributed by atoms with E-state index in [0.29, 0.717) is 17.8 Å². The maximum absolute atomic E-state index is 14.2. The number of carbonyl (C=O) groups excluding carboxylic acids is 4. The SMILES string of the molecule is COC(=O)C(CSC(=O)c1cc(-c2ccc(F)cc2F)ccc1OC(C)=O)NC(C)=O. The summed E-state index contributed by atoms with van der Waals surface area (Å²) in [6.45, 7) is 2.36. The number of methoxy groups -OCH3 is 1. The number of halogens is 2. The normalized spacial score (nSPS) is 11.4. The number of hydrogen-bond acceptors (Lipinski definition) is 7. The summed E-state index contributed by atoms with van der Waals surface area (Å²) in [5.41, 5.74) is 0.233. The molecule has 0 fully saturated rings. The molecule has 10 heteroatoms. The number of hydrogen-bond donors (Lipinski definition) is 1. The topological polar surface area (TPSA) is 98.8 Å². The second-order valence-corrected chi connectivity index (χ2v) is 7.30. The number of thioether (sulfide) groups is 1. The molecule has 2 aromatic carbocycles. The van der Waals surface area contributed by atoms with Crippen molar-refractivity contribution in [2.75, 3.05) is 12.9 Å². The van der Waals surface area contributed by atoms with Crippen molar-refractivity contribution in [3.05, 3.63) is 53.6 Å². The minimum atomic E-state index is -1.08. The van der Waals surface area contributed by atoms with Crippen LogP contribution >= 0.6 is 11.8 Å². The fourth-order valence-corrected chi connectivity index (χ4v) is 3.47. The summed E-state index contributed by atoms with van der Waals surface area (Å²) in [7, 11) is 1.14. The summed E-state index contributed by atoms with van der Waals surface area (Å²) < 4.78 is 37.1. The van der Waals surface area contributed by atoms with Gasteiger partial charge in [-0.1, -0.05) is 17.8 Å². The van der Waals surface area contributed by atoms with Crippen molar-refractivity contribution in [1.29, 1.82) is 0 Å². The fraction of sp³-hybridized carbons (Fsp3) is 0.238. The summed E-state index contributed by atoms with van der Waals surface area (Å²) in [5, 5.41) is 1.78. The zero-order chi connectivity index (χ0) is 23.1. The number of amides is 1. The molecule has 0 aliphatic heterocycles. The Morgan fingerprint density at radius 3 is 2.35 bits per heavy atom. The van der Waals surface area contributed by atoms with Crippen LogP contribution in [-0.2, 0) is 19.1 Å². The molecule has 0 aliphatic rings. The first-order valence-electron chi connectivity index (χ1n) is 8.92. The molecule has 0 bridgehead atoms. The molecule has 0 aromatic heterocycles. The largest absolute Gasteiger partial charge is 0.467 e. The van der Waals surface area contributed by atoms with E-state index in [1.54, 1.807) is 0 Å². The third kappa shape index (κ3) is 6.61. The average molecular weight is 451 g/mol. The van der Waals surface area contributed by atoms with E-state index in [-0.39, 0.29) is 28.2 Å². The van der Waals surface area contributed by atoms with Crippen molar-refractivity contribution in [3.63, 3.8) is 0 Å². The van der Waals surface area contributed by atoms with Gasteiger partial charge < -0.3 is 14.8 Å². The minimum absolute atomic E-state index is 0.0421. The Kier molecular flexibility index (Phi) is 8.26. The third-order valence-electron chi connectivity index (χ3n) is 3.94. The molecular formula is C21H19F2NO6S. The lowest BCUT2D eigenvalue weighted by atomic mass is 10.0. The maximum Gasteiger partial charge on any atom is 0.329 e. The molecular weight excluding hydrogens is 432 g/mol. The van der Waals surface area contributed by atoms with Crippen LogP contribution in [0, 0.1) is 11.6 Å². The Morgan fingerprint density at radius 2 is 1.77 bits per heavy atom. The monoisotopic (exact) mass is 451 g/mol. The Labute approximate surface area is 181 Å². The van der Waals surface area contributed by atoms with Gasteiger partial charge in [0.15, 0.2) is 0 Å². The van der Waals surface area contributed by atoms with Crippen LogP contribution < -0.4 is 10.1 Å². The number of ether oxygens (including phenoxy) is 2. The minimum Gasteiger partial charge on any atom is -0.467 e. The summed E-state index contributed by atoms with van der Waals surface area (Å²) in [6.07, 6.45) is 0. The molecule has 1 unspecified atom stereocenters. The van der Waals surface area contributed by atoms with Gasteiger partial charge in [0, 0.05) is 31.2 Å². The highest BCUT2D eigenvalue weighted by atomic mass is 32.2. The number of rotatable bonds is 7. The summed E-state index contributed by atoms with van der Waals surface area (Å²) in [5.74, 6) is -3.70. The number of carbonyl (C=O) groups is 4. The molecule has 0 radical (unpaired) electrons. The Morgan fingerprint density at radius 1 is 1.06 bits per heavy atom. The van der Waals surface area contributed by atoms with E-state index in [2.05, 4.69) is 10.1 Å². The number of nitrogens with one attached hydrogen (secondary N) is 1. The number of benzene rings is 2. The van der Waals surface area contributed by atoms with Gasteiger partial charge in [-0.15, -0.1) is 0 Å². The van der Waals surface area contributed by atoms with Gasteiger partial charge in [0.1, 0.15) is 23.4 Å². The third-order valence-corrected chi connectivity index (χ3v) is 4.92. The molecule has 1 atom stereocenters. The lowest BCUT2D eigenvalue weighted by Crippen LogP contribution is -2.42. The maximum atomic E-state index is 14.2. The van der Waals surface area contributed by atoms with Gasteiger partial charge in [-0.25, -0.2) is 13.6 Å². The summed E-state index contributed by atoms with van der Waals surface area (Å²) in [6, 6.07) is 5.96. The molecule has 0 saturated carbocycles. The molecule has 1 amide bonds. The van der Waals surface area contributed by atoms with Crippen LogP contribution in [0.25, 0.3) is 11.1 Å². The van der Waals surface area contributed by atoms with Crippen LogP contribution in [0.1, 0.15) is 24.2 Å². The molecule has 164 valence electrons. The first-order chi connectivity index (χ1) is 14.6. The van der Waals surface area contributed by atoms with Gasteiger partial charge in [0.25, 0.3) is 0 Å². The van der Waals surface area contributed by atoms with Crippen LogP contribution in [0.15, 0.2) is 36.4 Å². The molecule has 0 aliphatic carbocycles. The van der Waals surface area contributed by atoms with Gasteiger partial charge in [0.2, 0.25) is 11.0 Å². The van der Waals surface area contributed by atoms with E-state index in [1.165, 1.54) is 31.2 Å². The van der Waals surface area contributed by atoms with Crippen molar-refractivity contribution in [3.8, 4) is 16.9 Å². The van der Waals surface area contributed by atoms with E-state index >= 15 is 0 Å².